The standard InChI is InChI=1S/C5H8F2.CH2O3/c1-2-3-4-5(6)7;2-1(3)4/h2-3,5H,4H2,1H3;(H2,2,3,4). The molecule has 0 aromatic heterocycles. The van der Waals surface area contributed by atoms with Gasteiger partial charge in [-0.3, -0.25) is 0 Å². The number of hydrogen-bond donors (Lipinski definition) is 2. The maximum Gasteiger partial charge on any atom is 0.503 e. The Bertz CT molecular complexity index is 119. The Balaban J connectivity index is 0. The molecule has 2 N–H and O–H groups in total. The van der Waals surface area contributed by atoms with E-state index < -0.39 is 12.6 Å². The molecule has 0 spiro atoms. The fourth-order valence-electron chi connectivity index (χ4n) is 0.239. The molecule has 0 rings (SSSR count). The van der Waals surface area contributed by atoms with Crippen LogP contribution in [0, 0.1) is 0 Å². The molecule has 66 valence electrons. The van der Waals surface area contributed by atoms with E-state index in [1.54, 1.807) is 13.0 Å². The minimum atomic E-state index is -2.18. The number of alkyl halides is 2. The molecule has 0 aliphatic rings. The molecule has 0 amide bonds. The molecule has 3 nitrogen and oxygen atoms in total. The van der Waals surface area contributed by atoms with Gasteiger partial charge in [-0.25, -0.2) is 13.6 Å². The van der Waals surface area contributed by atoms with Gasteiger partial charge in [0.15, 0.2) is 0 Å². The normalized spacial score (nSPS) is 9.45. The molecule has 0 saturated carbocycles. The van der Waals surface area contributed by atoms with Gasteiger partial charge in [0.1, 0.15) is 0 Å². The van der Waals surface area contributed by atoms with E-state index in [0.29, 0.717) is 0 Å². The summed E-state index contributed by atoms with van der Waals surface area (Å²) in [6, 6.07) is 0. The van der Waals surface area contributed by atoms with Crippen molar-refractivity contribution in [1.82, 2.24) is 0 Å². The fourth-order valence-corrected chi connectivity index (χ4v) is 0.239. The summed E-state index contributed by atoms with van der Waals surface area (Å²) in [6.07, 6.45) is -1.07. The van der Waals surface area contributed by atoms with Gasteiger partial charge in [-0.2, -0.15) is 0 Å². The SMILES string of the molecule is CC=CCC(F)F.O=C(O)O. The van der Waals surface area contributed by atoms with E-state index in [4.69, 9.17) is 15.0 Å². The summed E-state index contributed by atoms with van der Waals surface area (Å²) in [5.74, 6) is 0. The van der Waals surface area contributed by atoms with Crippen LogP contribution in [0.15, 0.2) is 12.2 Å². The number of allylic oxidation sites excluding steroid dienone is 2. The third-order valence-electron chi connectivity index (χ3n) is 0.550. The molecular weight excluding hydrogens is 158 g/mol. The highest BCUT2D eigenvalue weighted by Gasteiger charge is 1.94. The zero-order valence-corrected chi connectivity index (χ0v) is 6.00. The number of rotatable bonds is 2. The van der Waals surface area contributed by atoms with Gasteiger partial charge in [0.2, 0.25) is 6.43 Å². The molecule has 0 heterocycles. The van der Waals surface area contributed by atoms with E-state index in [2.05, 4.69) is 0 Å². The van der Waals surface area contributed by atoms with Crippen LogP contribution in [0.25, 0.3) is 0 Å². The van der Waals surface area contributed by atoms with E-state index in [1.165, 1.54) is 6.08 Å². The van der Waals surface area contributed by atoms with Crippen LogP contribution in [0.5, 0.6) is 0 Å². The van der Waals surface area contributed by atoms with E-state index in [1.807, 2.05) is 0 Å². The van der Waals surface area contributed by atoms with Crippen LogP contribution in [0.2, 0.25) is 0 Å². The van der Waals surface area contributed by atoms with Gasteiger partial charge < -0.3 is 10.2 Å². The van der Waals surface area contributed by atoms with Crippen LogP contribution in [0.3, 0.4) is 0 Å². The zero-order valence-electron chi connectivity index (χ0n) is 6.00. The lowest BCUT2D eigenvalue weighted by atomic mass is 10.4. The van der Waals surface area contributed by atoms with Gasteiger partial charge >= 0.3 is 6.16 Å². The summed E-state index contributed by atoms with van der Waals surface area (Å²) in [4.78, 5) is 8.56. The molecule has 0 aromatic carbocycles. The maximum atomic E-state index is 11.2. The number of carboxylic acid groups (broad SMARTS) is 2. The molecule has 0 aliphatic heterocycles. The monoisotopic (exact) mass is 168 g/mol. The molecule has 0 unspecified atom stereocenters. The first kappa shape index (κ1) is 12.5. The van der Waals surface area contributed by atoms with Crippen LogP contribution in [-0.2, 0) is 0 Å². The maximum absolute atomic E-state index is 11.2. The van der Waals surface area contributed by atoms with Gasteiger partial charge in [0, 0.05) is 6.42 Å². The van der Waals surface area contributed by atoms with E-state index >= 15 is 0 Å². The number of halogens is 2. The van der Waals surface area contributed by atoms with Crippen LogP contribution in [0.1, 0.15) is 13.3 Å². The van der Waals surface area contributed by atoms with Crippen molar-refractivity contribution in [3.8, 4) is 0 Å². The molecule has 5 heteroatoms. The Labute approximate surface area is 63.0 Å². The first-order valence-corrected chi connectivity index (χ1v) is 2.81. The Kier molecular flexibility index (Phi) is 10.1. The zero-order chi connectivity index (χ0) is 9.28. The lowest BCUT2D eigenvalue weighted by Crippen LogP contribution is -1.83. The summed E-state index contributed by atoms with van der Waals surface area (Å²) in [5.41, 5.74) is 0. The summed E-state index contributed by atoms with van der Waals surface area (Å²) in [6.45, 7) is 1.72. The molecule has 0 aromatic rings. The van der Waals surface area contributed by atoms with Crippen LogP contribution >= 0.6 is 0 Å². The van der Waals surface area contributed by atoms with Gasteiger partial charge in [0.25, 0.3) is 0 Å². The molecule has 0 fully saturated rings. The van der Waals surface area contributed by atoms with Crippen molar-refractivity contribution >= 4 is 6.16 Å². The highest BCUT2D eigenvalue weighted by molar-refractivity contribution is 5.53. The Morgan fingerprint density at radius 1 is 1.55 bits per heavy atom. The second-order valence-electron chi connectivity index (χ2n) is 1.48. The number of carbonyl (C=O) groups is 1. The third kappa shape index (κ3) is 50.8. The van der Waals surface area contributed by atoms with Crippen molar-refractivity contribution in [1.29, 1.82) is 0 Å². The predicted molar refractivity (Wildman–Crippen MR) is 36.1 cm³/mol. The molecule has 0 aliphatic carbocycles. The largest absolute Gasteiger partial charge is 0.503 e. The highest BCUT2D eigenvalue weighted by Crippen LogP contribution is 1.98. The van der Waals surface area contributed by atoms with E-state index in [-0.39, 0.29) is 6.42 Å². The quantitative estimate of drug-likeness (QED) is 0.622. The first-order valence-electron chi connectivity index (χ1n) is 2.81. The molecule has 0 radical (unpaired) electrons. The van der Waals surface area contributed by atoms with Crippen molar-refractivity contribution in [3.05, 3.63) is 12.2 Å². The summed E-state index contributed by atoms with van der Waals surface area (Å²) in [7, 11) is 0. The molecule has 11 heavy (non-hydrogen) atoms. The lowest BCUT2D eigenvalue weighted by molar-refractivity contribution is 0.136. The van der Waals surface area contributed by atoms with Gasteiger partial charge in [0.05, 0.1) is 0 Å². The Hall–Kier alpha value is -1.13. The van der Waals surface area contributed by atoms with E-state index in [0.717, 1.165) is 0 Å². The summed E-state index contributed by atoms with van der Waals surface area (Å²) < 4.78 is 22.3. The Morgan fingerprint density at radius 3 is 2.00 bits per heavy atom. The van der Waals surface area contributed by atoms with Gasteiger partial charge in [-0.05, 0) is 6.92 Å². The minimum Gasteiger partial charge on any atom is -0.450 e. The smallest absolute Gasteiger partial charge is 0.450 e. The molecular formula is C6H10F2O3. The van der Waals surface area contributed by atoms with Crippen LogP contribution in [-0.4, -0.2) is 22.8 Å². The molecule has 0 saturated heterocycles. The first-order chi connectivity index (χ1) is 5.00. The predicted octanol–water partition coefficient (Wildman–Crippen LogP) is 2.44. The van der Waals surface area contributed by atoms with Crippen molar-refractivity contribution in [2.45, 2.75) is 19.8 Å². The Morgan fingerprint density at radius 2 is 1.91 bits per heavy atom. The number of hydrogen-bond acceptors (Lipinski definition) is 1. The second kappa shape index (κ2) is 8.87. The van der Waals surface area contributed by atoms with Crippen LogP contribution < -0.4 is 0 Å². The second-order valence-corrected chi connectivity index (χ2v) is 1.48. The average molecular weight is 168 g/mol. The molecule has 0 atom stereocenters. The topological polar surface area (TPSA) is 57.5 Å². The lowest BCUT2D eigenvalue weighted by Gasteiger charge is -1.85. The van der Waals surface area contributed by atoms with Gasteiger partial charge in [-0.1, -0.05) is 12.2 Å². The third-order valence-corrected chi connectivity index (χ3v) is 0.550. The minimum absolute atomic E-state index is 0.115. The average Bonchev–Trinajstić information content (AvgIpc) is 1.82. The van der Waals surface area contributed by atoms with Gasteiger partial charge in [-0.15, -0.1) is 0 Å². The van der Waals surface area contributed by atoms with Crippen molar-refractivity contribution in [2.24, 2.45) is 0 Å². The highest BCUT2D eigenvalue weighted by atomic mass is 19.3. The van der Waals surface area contributed by atoms with Crippen molar-refractivity contribution in [2.75, 3.05) is 0 Å². The fraction of sp³-hybridized carbons (Fsp3) is 0.500. The van der Waals surface area contributed by atoms with E-state index in [9.17, 15) is 8.78 Å². The van der Waals surface area contributed by atoms with Crippen LogP contribution in [0.4, 0.5) is 13.6 Å². The molecule has 0 bridgehead atoms. The summed E-state index contributed by atoms with van der Waals surface area (Å²) in [5, 5.41) is 13.9. The summed E-state index contributed by atoms with van der Waals surface area (Å²) >= 11 is 0. The van der Waals surface area contributed by atoms with Crippen molar-refractivity contribution in [3.63, 3.8) is 0 Å². The van der Waals surface area contributed by atoms with Crippen molar-refractivity contribution < 1.29 is 23.8 Å².